The van der Waals surface area contributed by atoms with Gasteiger partial charge in [0.2, 0.25) is 0 Å². The van der Waals surface area contributed by atoms with Gasteiger partial charge in [0, 0.05) is 10.8 Å². The van der Waals surface area contributed by atoms with E-state index in [0.717, 1.165) is 18.4 Å². The van der Waals surface area contributed by atoms with E-state index in [9.17, 15) is 25.5 Å². The molecule has 4 aliphatic rings. The van der Waals surface area contributed by atoms with Crippen LogP contribution in [0.15, 0.2) is 11.6 Å². The van der Waals surface area contributed by atoms with Crippen molar-refractivity contribution in [1.29, 1.82) is 0 Å². The van der Waals surface area contributed by atoms with E-state index >= 15 is 0 Å². The van der Waals surface area contributed by atoms with Crippen molar-refractivity contribution in [3.63, 3.8) is 0 Å². The minimum absolute atomic E-state index is 0.0719. The van der Waals surface area contributed by atoms with Gasteiger partial charge in [0.1, 0.15) is 11.7 Å². The summed E-state index contributed by atoms with van der Waals surface area (Å²) in [6.07, 6.45) is 2.95. The summed E-state index contributed by atoms with van der Waals surface area (Å²) in [5.41, 5.74) is -1.67. The molecule has 0 aromatic heterocycles. The first-order valence-electron chi connectivity index (χ1n) is 9.96. The quantitative estimate of drug-likeness (QED) is 0.338. The van der Waals surface area contributed by atoms with Crippen molar-refractivity contribution < 1.29 is 25.5 Å². The average Bonchev–Trinajstić information content (AvgIpc) is 2.94. The van der Waals surface area contributed by atoms with E-state index < -0.39 is 29.3 Å². The summed E-state index contributed by atoms with van der Waals surface area (Å²) >= 11 is 5.62. The Bertz CT molecular complexity index is 713. The maximum Gasteiger partial charge on any atom is 0.134 e. The molecule has 0 radical (unpaired) electrons. The van der Waals surface area contributed by atoms with Crippen LogP contribution in [0.4, 0.5) is 0 Å². The molecule has 0 bridgehead atoms. The van der Waals surface area contributed by atoms with Crippen molar-refractivity contribution in [3.8, 4) is 11.3 Å². The van der Waals surface area contributed by atoms with E-state index in [2.05, 4.69) is 18.2 Å². The summed E-state index contributed by atoms with van der Waals surface area (Å²) < 4.78 is 0. The Kier molecular flexibility index (Phi) is 4.71. The molecule has 9 atom stereocenters. The largest absolute Gasteiger partial charge is 0.396 e. The standard InChI is InChI=1S/C21H29ClO5/c1-19-5-4-15(24)18(26)14(19)10-16(25)17-12(19)2-6-20(11-23)13(17)3-7-21(20,27)8-9-22/h10,12-13,15-18,23-27H,2-7,11H2,1H3/t12-,13-,15+,16+,17+,18+,19+,20+,21+/m0/s1. The third kappa shape index (κ3) is 2.44. The Morgan fingerprint density at radius 1 is 1.11 bits per heavy atom. The molecule has 0 unspecified atom stereocenters. The van der Waals surface area contributed by atoms with Gasteiger partial charge in [-0.1, -0.05) is 18.9 Å². The van der Waals surface area contributed by atoms with Crippen LogP contribution < -0.4 is 0 Å². The molecule has 0 heterocycles. The van der Waals surface area contributed by atoms with Gasteiger partial charge in [-0.15, -0.1) is 0 Å². The number of hydrogen-bond acceptors (Lipinski definition) is 5. The third-order valence-corrected chi connectivity index (χ3v) is 8.68. The molecule has 0 aromatic carbocycles. The summed E-state index contributed by atoms with van der Waals surface area (Å²) in [6, 6.07) is 0. The lowest BCUT2D eigenvalue weighted by molar-refractivity contribution is -0.154. The highest BCUT2D eigenvalue weighted by molar-refractivity contribution is 6.30. The Hall–Kier alpha value is -0.610. The zero-order valence-corrected chi connectivity index (χ0v) is 16.4. The number of halogens is 1. The van der Waals surface area contributed by atoms with Gasteiger partial charge in [0.05, 0.1) is 18.8 Å². The van der Waals surface area contributed by atoms with Gasteiger partial charge in [-0.05, 0) is 78.9 Å². The molecule has 0 saturated heterocycles. The summed E-state index contributed by atoms with van der Waals surface area (Å²) in [5.74, 6) is 2.68. The second kappa shape index (κ2) is 6.45. The third-order valence-electron chi connectivity index (χ3n) is 8.58. The predicted molar refractivity (Wildman–Crippen MR) is 100 cm³/mol. The van der Waals surface area contributed by atoms with Crippen LogP contribution in [0.2, 0.25) is 0 Å². The Balaban J connectivity index is 1.78. The summed E-state index contributed by atoms with van der Waals surface area (Å²) in [6.45, 7) is 1.94. The van der Waals surface area contributed by atoms with E-state index in [0.29, 0.717) is 25.7 Å². The number of fused-ring (bicyclic) bond motifs is 5. The summed E-state index contributed by atoms with van der Waals surface area (Å²) in [4.78, 5) is 0. The number of aliphatic hydroxyl groups is 5. The molecule has 150 valence electrons. The van der Waals surface area contributed by atoms with Crippen LogP contribution in [0.1, 0.15) is 45.4 Å². The van der Waals surface area contributed by atoms with Gasteiger partial charge in [-0.2, -0.15) is 0 Å². The lowest BCUT2D eigenvalue weighted by Gasteiger charge is -2.60. The minimum atomic E-state index is -1.34. The molecule has 0 aromatic rings. The van der Waals surface area contributed by atoms with Crippen LogP contribution >= 0.6 is 11.6 Å². The second-order valence-electron chi connectivity index (χ2n) is 9.34. The lowest BCUT2D eigenvalue weighted by atomic mass is 9.46. The van der Waals surface area contributed by atoms with E-state index in [4.69, 9.17) is 11.6 Å². The highest BCUT2D eigenvalue weighted by Crippen LogP contribution is 2.67. The predicted octanol–water partition coefficient (Wildman–Crippen LogP) is 1.15. The summed E-state index contributed by atoms with van der Waals surface area (Å²) in [5, 5.41) is 55.5. The van der Waals surface area contributed by atoms with Gasteiger partial charge in [0.25, 0.3) is 0 Å². The average molecular weight is 397 g/mol. The first-order valence-corrected chi connectivity index (χ1v) is 10.3. The highest BCUT2D eigenvalue weighted by Gasteiger charge is 2.67. The molecular formula is C21H29ClO5. The number of aliphatic hydroxyl groups excluding tert-OH is 4. The molecule has 3 fully saturated rings. The fourth-order valence-electron chi connectivity index (χ4n) is 7.13. The van der Waals surface area contributed by atoms with Gasteiger partial charge in [-0.25, -0.2) is 0 Å². The topological polar surface area (TPSA) is 101 Å². The van der Waals surface area contributed by atoms with E-state index in [-0.39, 0.29) is 29.8 Å². The molecule has 0 aliphatic heterocycles. The van der Waals surface area contributed by atoms with Crippen molar-refractivity contribution in [2.75, 3.05) is 6.61 Å². The van der Waals surface area contributed by atoms with Crippen LogP contribution in [0.25, 0.3) is 0 Å². The van der Waals surface area contributed by atoms with Crippen LogP contribution in [0, 0.1) is 39.9 Å². The van der Waals surface area contributed by atoms with Crippen LogP contribution in [-0.4, -0.2) is 56.1 Å². The zero-order valence-electron chi connectivity index (χ0n) is 15.6. The Labute approximate surface area is 165 Å². The highest BCUT2D eigenvalue weighted by atomic mass is 35.5. The lowest BCUT2D eigenvalue weighted by Crippen LogP contribution is -2.61. The van der Waals surface area contributed by atoms with Gasteiger partial charge < -0.3 is 25.5 Å². The molecule has 3 saturated carbocycles. The fraction of sp³-hybridized carbons (Fsp3) is 0.810. The minimum Gasteiger partial charge on any atom is -0.396 e. The molecule has 0 spiro atoms. The summed E-state index contributed by atoms with van der Waals surface area (Å²) in [7, 11) is 0. The monoisotopic (exact) mass is 396 g/mol. The molecular weight excluding hydrogens is 368 g/mol. The smallest absolute Gasteiger partial charge is 0.134 e. The maximum absolute atomic E-state index is 11.2. The normalized spacial score (nSPS) is 54.1. The SMILES string of the molecule is C[C@]12CC[C@@H](O)[C@H](O)C1=C[C@@H](O)[C@H]1[C@@H]3CC[C@@](O)(C#CCl)[C@@]3(CO)CC[C@@H]12. The molecule has 4 aliphatic carbocycles. The number of hydrogen-bond donors (Lipinski definition) is 5. The van der Waals surface area contributed by atoms with Crippen molar-refractivity contribution in [3.05, 3.63) is 11.6 Å². The first-order chi connectivity index (χ1) is 12.7. The number of rotatable bonds is 1. The molecule has 6 heteroatoms. The zero-order chi connectivity index (χ0) is 19.6. The Morgan fingerprint density at radius 2 is 1.81 bits per heavy atom. The van der Waals surface area contributed by atoms with Crippen LogP contribution in [-0.2, 0) is 0 Å². The van der Waals surface area contributed by atoms with Crippen molar-refractivity contribution >= 4 is 11.6 Å². The molecule has 5 N–H and O–H groups in total. The molecule has 0 amide bonds. The molecule has 5 nitrogen and oxygen atoms in total. The molecule has 4 rings (SSSR count). The second-order valence-corrected chi connectivity index (χ2v) is 9.53. The van der Waals surface area contributed by atoms with Gasteiger partial charge in [0.15, 0.2) is 0 Å². The first kappa shape index (κ1) is 19.7. The maximum atomic E-state index is 11.2. The van der Waals surface area contributed by atoms with Crippen molar-refractivity contribution in [2.24, 2.45) is 28.6 Å². The van der Waals surface area contributed by atoms with Crippen LogP contribution in [0.3, 0.4) is 0 Å². The fourth-order valence-corrected chi connectivity index (χ4v) is 7.28. The van der Waals surface area contributed by atoms with E-state index in [1.807, 2.05) is 0 Å². The molecule has 27 heavy (non-hydrogen) atoms. The van der Waals surface area contributed by atoms with E-state index in [1.165, 1.54) is 0 Å². The van der Waals surface area contributed by atoms with Gasteiger partial charge >= 0.3 is 0 Å². The van der Waals surface area contributed by atoms with Gasteiger partial charge in [-0.3, -0.25) is 0 Å². The van der Waals surface area contributed by atoms with Crippen molar-refractivity contribution in [1.82, 2.24) is 0 Å². The van der Waals surface area contributed by atoms with E-state index in [1.54, 1.807) is 6.08 Å². The Morgan fingerprint density at radius 3 is 2.48 bits per heavy atom. The van der Waals surface area contributed by atoms with Crippen molar-refractivity contribution in [2.45, 2.75) is 69.4 Å². The van der Waals surface area contributed by atoms with Crippen LogP contribution in [0.5, 0.6) is 0 Å².